The number of nitrogens with zero attached hydrogens (tertiary/aromatic N) is 2. The van der Waals surface area contributed by atoms with E-state index in [1.807, 2.05) is 27.7 Å². The van der Waals surface area contributed by atoms with Crippen molar-refractivity contribution in [1.29, 1.82) is 5.26 Å². The zero-order valence-electron chi connectivity index (χ0n) is 14.6. The van der Waals surface area contributed by atoms with E-state index < -0.39 is 28.8 Å². The molecule has 1 aromatic carbocycles. The van der Waals surface area contributed by atoms with Gasteiger partial charge < -0.3 is 9.64 Å². The minimum atomic E-state index is -4.66. The van der Waals surface area contributed by atoms with Crippen LogP contribution in [0.4, 0.5) is 13.2 Å². The fraction of sp³-hybridized carbons (Fsp3) is 0.556. The van der Waals surface area contributed by atoms with Crippen molar-refractivity contribution < 1.29 is 22.7 Å². The number of likely N-dealkylation sites (tertiary alicyclic amines) is 1. The lowest BCUT2D eigenvalue weighted by Gasteiger charge is -2.25. The van der Waals surface area contributed by atoms with E-state index in [-0.39, 0.29) is 17.7 Å². The fourth-order valence-corrected chi connectivity index (χ4v) is 2.95. The second-order valence-corrected chi connectivity index (χ2v) is 7.03. The Kier molecular flexibility index (Phi) is 5.03. The van der Waals surface area contributed by atoms with Gasteiger partial charge in [0.2, 0.25) is 0 Å². The van der Waals surface area contributed by atoms with Crippen LogP contribution in [0, 0.1) is 16.7 Å². The summed E-state index contributed by atoms with van der Waals surface area (Å²) < 4.78 is 44.9. The highest BCUT2D eigenvalue weighted by atomic mass is 19.4. The number of amides is 1. The molecule has 136 valence electrons. The van der Waals surface area contributed by atoms with Crippen LogP contribution in [0.1, 0.15) is 45.2 Å². The number of alkyl halides is 3. The summed E-state index contributed by atoms with van der Waals surface area (Å²) in [6.45, 7) is 8.08. The van der Waals surface area contributed by atoms with Crippen molar-refractivity contribution in [2.24, 2.45) is 5.41 Å². The third-order valence-electron chi connectivity index (χ3n) is 4.59. The number of rotatable bonds is 4. The van der Waals surface area contributed by atoms with Crippen LogP contribution in [0.2, 0.25) is 0 Å². The van der Waals surface area contributed by atoms with Crippen LogP contribution in [-0.2, 0) is 11.0 Å². The van der Waals surface area contributed by atoms with Gasteiger partial charge in [0.05, 0.1) is 17.2 Å². The smallest absolute Gasteiger partial charge is 0.417 e. The van der Waals surface area contributed by atoms with Crippen molar-refractivity contribution in [3.8, 4) is 11.8 Å². The summed E-state index contributed by atoms with van der Waals surface area (Å²) in [7, 11) is 0. The molecule has 0 N–H and O–H groups in total. The molecule has 0 bridgehead atoms. The Labute approximate surface area is 145 Å². The highest BCUT2D eigenvalue weighted by Gasteiger charge is 2.49. The lowest BCUT2D eigenvalue weighted by Crippen LogP contribution is -2.39. The molecule has 1 aromatic rings. The Balaban J connectivity index is 2.33. The second-order valence-electron chi connectivity index (χ2n) is 7.03. The average molecular weight is 354 g/mol. The molecular weight excluding hydrogens is 333 g/mol. The highest BCUT2D eigenvalue weighted by Crippen LogP contribution is 2.38. The van der Waals surface area contributed by atoms with Crippen LogP contribution in [0.15, 0.2) is 18.2 Å². The molecule has 1 aliphatic heterocycles. The zero-order valence-corrected chi connectivity index (χ0v) is 14.6. The summed E-state index contributed by atoms with van der Waals surface area (Å²) in [5.74, 6) is -0.291. The van der Waals surface area contributed by atoms with Crippen LogP contribution in [0.5, 0.6) is 5.75 Å². The van der Waals surface area contributed by atoms with E-state index in [4.69, 9.17) is 10.00 Å². The largest absolute Gasteiger partial charge is 0.480 e. The van der Waals surface area contributed by atoms with E-state index in [9.17, 15) is 18.0 Å². The number of carbonyl (C=O) groups excluding carboxylic acids is 1. The molecular formula is C18H21F3N2O2. The van der Waals surface area contributed by atoms with Crippen molar-refractivity contribution >= 4 is 5.91 Å². The van der Waals surface area contributed by atoms with Gasteiger partial charge in [-0.05, 0) is 31.5 Å². The molecule has 0 radical (unpaired) electrons. The van der Waals surface area contributed by atoms with Gasteiger partial charge in [-0.2, -0.15) is 18.4 Å². The van der Waals surface area contributed by atoms with Gasteiger partial charge in [-0.1, -0.05) is 20.8 Å². The lowest BCUT2D eigenvalue weighted by atomic mass is 9.89. The van der Waals surface area contributed by atoms with E-state index in [1.165, 1.54) is 12.1 Å². The van der Waals surface area contributed by atoms with Crippen molar-refractivity contribution in [1.82, 2.24) is 4.90 Å². The maximum atomic E-state index is 13.1. The molecule has 1 saturated heterocycles. The number of carbonyl (C=O) groups is 1. The Morgan fingerprint density at radius 3 is 2.60 bits per heavy atom. The predicted octanol–water partition coefficient (Wildman–Crippen LogP) is 3.99. The van der Waals surface area contributed by atoms with E-state index in [0.717, 1.165) is 18.6 Å². The number of nitriles is 1. The topological polar surface area (TPSA) is 53.3 Å². The summed E-state index contributed by atoms with van der Waals surface area (Å²) in [5, 5.41) is 8.85. The summed E-state index contributed by atoms with van der Waals surface area (Å²) >= 11 is 0. The fourth-order valence-electron chi connectivity index (χ4n) is 2.95. The standard InChI is InChI=1S/C18H21F3N2O2/c1-5-11(2)23-10-17(3,4)15(16(23)24)25-13-7-6-12(9-22)14(8-13)18(19,20)21/h6-8,11,15H,5,10H2,1-4H3/t11-,15-/m0/s1. The van der Waals surface area contributed by atoms with Gasteiger partial charge in [-0.25, -0.2) is 0 Å². The van der Waals surface area contributed by atoms with Crippen molar-refractivity contribution in [3.63, 3.8) is 0 Å². The molecule has 2 rings (SSSR count). The number of hydrogen-bond acceptors (Lipinski definition) is 3. The Hall–Kier alpha value is -2.23. The summed E-state index contributed by atoms with van der Waals surface area (Å²) in [4.78, 5) is 14.4. The zero-order chi connectivity index (χ0) is 19.0. The van der Waals surface area contributed by atoms with E-state index in [1.54, 1.807) is 4.90 Å². The first kappa shape index (κ1) is 19.1. The maximum absolute atomic E-state index is 13.1. The van der Waals surface area contributed by atoms with Crippen LogP contribution >= 0.6 is 0 Å². The first-order valence-electron chi connectivity index (χ1n) is 8.09. The van der Waals surface area contributed by atoms with Crippen molar-refractivity contribution in [3.05, 3.63) is 29.3 Å². The van der Waals surface area contributed by atoms with Gasteiger partial charge in [0, 0.05) is 18.0 Å². The van der Waals surface area contributed by atoms with Gasteiger partial charge in [-0.3, -0.25) is 4.79 Å². The molecule has 1 heterocycles. The summed E-state index contributed by atoms with van der Waals surface area (Å²) in [6, 6.07) is 4.71. The van der Waals surface area contributed by atoms with Gasteiger partial charge in [0.1, 0.15) is 5.75 Å². The highest BCUT2D eigenvalue weighted by molar-refractivity contribution is 5.85. The third-order valence-corrected chi connectivity index (χ3v) is 4.59. The number of ether oxygens (including phenoxy) is 1. The first-order valence-corrected chi connectivity index (χ1v) is 8.09. The molecule has 0 saturated carbocycles. The first-order chi connectivity index (χ1) is 11.5. The third kappa shape index (κ3) is 3.73. The molecule has 2 atom stereocenters. The Bertz CT molecular complexity index is 707. The second kappa shape index (κ2) is 6.58. The molecule has 1 aliphatic rings. The summed E-state index contributed by atoms with van der Waals surface area (Å²) in [6.07, 6.45) is -4.75. The van der Waals surface area contributed by atoms with Gasteiger partial charge in [-0.15, -0.1) is 0 Å². The van der Waals surface area contributed by atoms with Crippen molar-refractivity contribution in [2.75, 3.05) is 6.54 Å². The molecule has 25 heavy (non-hydrogen) atoms. The Morgan fingerprint density at radius 1 is 1.44 bits per heavy atom. The SMILES string of the molecule is CC[C@H](C)N1CC(C)(C)[C@@H](Oc2ccc(C#N)c(C(F)(F)F)c2)C1=O. The maximum Gasteiger partial charge on any atom is 0.417 e. The molecule has 4 nitrogen and oxygen atoms in total. The van der Waals surface area contributed by atoms with Gasteiger partial charge in [0.15, 0.2) is 6.10 Å². The van der Waals surface area contributed by atoms with Crippen LogP contribution in [0.25, 0.3) is 0 Å². The minimum absolute atomic E-state index is 0.0343. The molecule has 0 unspecified atom stereocenters. The van der Waals surface area contributed by atoms with E-state index in [2.05, 4.69) is 0 Å². The molecule has 1 amide bonds. The predicted molar refractivity (Wildman–Crippen MR) is 85.8 cm³/mol. The monoisotopic (exact) mass is 354 g/mol. The lowest BCUT2D eigenvalue weighted by molar-refractivity contribution is -0.138. The van der Waals surface area contributed by atoms with Crippen LogP contribution in [0.3, 0.4) is 0 Å². The van der Waals surface area contributed by atoms with Crippen LogP contribution in [-0.4, -0.2) is 29.5 Å². The van der Waals surface area contributed by atoms with E-state index in [0.29, 0.717) is 6.54 Å². The van der Waals surface area contributed by atoms with Crippen molar-refractivity contribution in [2.45, 2.75) is 52.4 Å². The molecule has 0 aliphatic carbocycles. The minimum Gasteiger partial charge on any atom is -0.480 e. The number of hydrogen-bond donors (Lipinski definition) is 0. The number of halogens is 3. The summed E-state index contributed by atoms with van der Waals surface area (Å²) in [5.41, 5.74) is -2.07. The Morgan fingerprint density at radius 2 is 2.08 bits per heavy atom. The molecule has 1 fully saturated rings. The van der Waals surface area contributed by atoms with Crippen LogP contribution < -0.4 is 4.74 Å². The molecule has 0 aromatic heterocycles. The average Bonchev–Trinajstić information content (AvgIpc) is 2.76. The molecule has 7 heteroatoms. The molecule has 0 spiro atoms. The quantitative estimate of drug-likeness (QED) is 0.821. The number of benzene rings is 1. The van der Waals surface area contributed by atoms with Gasteiger partial charge >= 0.3 is 6.18 Å². The normalized spacial score (nSPS) is 21.1. The van der Waals surface area contributed by atoms with E-state index >= 15 is 0 Å². The van der Waals surface area contributed by atoms with Gasteiger partial charge in [0.25, 0.3) is 5.91 Å².